The topological polar surface area (TPSA) is 80.8 Å². The molecule has 21 heavy (non-hydrogen) atoms. The molecule has 0 aliphatic carbocycles. The Morgan fingerprint density at radius 1 is 1.24 bits per heavy atom. The molecule has 2 aromatic heterocycles. The summed E-state index contributed by atoms with van der Waals surface area (Å²) in [7, 11) is 1.84. The monoisotopic (exact) mass is 286 g/mol. The van der Waals surface area contributed by atoms with E-state index in [1.807, 2.05) is 30.1 Å². The van der Waals surface area contributed by atoms with Crippen LogP contribution >= 0.6 is 0 Å². The van der Waals surface area contributed by atoms with Crippen LogP contribution in [0.1, 0.15) is 12.3 Å². The van der Waals surface area contributed by atoms with Crippen molar-refractivity contribution in [2.24, 2.45) is 0 Å². The number of hydrogen-bond donors (Lipinski definition) is 2. The summed E-state index contributed by atoms with van der Waals surface area (Å²) < 4.78 is 7.42. The van der Waals surface area contributed by atoms with Crippen LogP contribution in [0.5, 0.6) is 0 Å². The smallest absolute Gasteiger partial charge is 0.315 e. The maximum absolute atomic E-state index is 5.41. The van der Waals surface area contributed by atoms with E-state index in [0.29, 0.717) is 18.5 Å². The first kappa shape index (κ1) is 13.6. The second-order valence-electron chi connectivity index (χ2n) is 4.74. The molecule has 0 saturated heterocycles. The highest BCUT2D eigenvalue weighted by molar-refractivity contribution is 5.78. The fourth-order valence-electron chi connectivity index (χ4n) is 2.18. The third-order valence-electron chi connectivity index (χ3n) is 3.17. The van der Waals surface area contributed by atoms with Gasteiger partial charge >= 0.3 is 6.01 Å². The van der Waals surface area contributed by atoms with Crippen LogP contribution < -0.4 is 10.6 Å². The van der Waals surface area contributed by atoms with Crippen molar-refractivity contribution in [2.75, 3.05) is 18.9 Å². The Morgan fingerprint density at radius 2 is 2.14 bits per heavy atom. The predicted molar refractivity (Wildman–Crippen MR) is 79.9 cm³/mol. The van der Waals surface area contributed by atoms with Crippen LogP contribution in [-0.4, -0.2) is 33.6 Å². The van der Waals surface area contributed by atoms with Gasteiger partial charge in [0.2, 0.25) is 5.89 Å². The lowest BCUT2D eigenvalue weighted by atomic mass is 10.2. The van der Waals surface area contributed by atoms with Gasteiger partial charge in [0.1, 0.15) is 0 Å². The molecule has 2 N–H and O–H groups in total. The molecule has 2 heterocycles. The molecule has 3 aromatic rings. The quantitative estimate of drug-likeness (QED) is 0.643. The molecule has 7 nitrogen and oxygen atoms in total. The Labute approximate surface area is 122 Å². The lowest BCUT2D eigenvalue weighted by molar-refractivity contribution is 0.487. The zero-order valence-electron chi connectivity index (χ0n) is 11.9. The van der Waals surface area contributed by atoms with E-state index in [2.05, 4.69) is 38.1 Å². The Kier molecular flexibility index (Phi) is 4.11. The highest BCUT2D eigenvalue weighted by Gasteiger charge is 2.04. The predicted octanol–water partition coefficient (Wildman–Crippen LogP) is 1.64. The first-order valence-corrected chi connectivity index (χ1v) is 6.98. The van der Waals surface area contributed by atoms with Crippen LogP contribution in [0.3, 0.4) is 0 Å². The number of nitrogens with one attached hydrogen (secondary N) is 2. The number of hydrogen-bond acceptors (Lipinski definition) is 6. The Hall–Kier alpha value is -2.41. The summed E-state index contributed by atoms with van der Waals surface area (Å²) in [5.41, 5.74) is 1.16. The van der Waals surface area contributed by atoms with Gasteiger partial charge in [0.15, 0.2) is 0 Å². The summed E-state index contributed by atoms with van der Waals surface area (Å²) in [4.78, 5) is 0. The molecule has 3 rings (SSSR count). The lowest BCUT2D eigenvalue weighted by Gasteiger charge is -2.04. The standard InChI is InChI=1S/C14H18N6O/c1-15-10-13-18-19-14(21-13)16-7-4-8-20-12-6-3-2-5-11(12)9-17-20/h2-3,5-6,9,15H,4,7-8,10H2,1H3,(H,16,19). The van der Waals surface area contributed by atoms with E-state index in [1.165, 1.54) is 5.39 Å². The third-order valence-corrected chi connectivity index (χ3v) is 3.17. The highest BCUT2D eigenvalue weighted by Crippen LogP contribution is 2.13. The first-order valence-electron chi connectivity index (χ1n) is 6.98. The summed E-state index contributed by atoms with van der Waals surface area (Å²) >= 11 is 0. The highest BCUT2D eigenvalue weighted by atomic mass is 16.4. The van der Waals surface area contributed by atoms with Gasteiger partial charge < -0.3 is 15.1 Å². The summed E-state index contributed by atoms with van der Waals surface area (Å²) in [6.07, 6.45) is 2.82. The van der Waals surface area contributed by atoms with Crippen molar-refractivity contribution in [1.82, 2.24) is 25.3 Å². The van der Waals surface area contributed by atoms with E-state index in [-0.39, 0.29) is 0 Å². The molecule has 0 aliphatic heterocycles. The number of anilines is 1. The van der Waals surface area contributed by atoms with Gasteiger partial charge in [0, 0.05) is 18.5 Å². The maximum Gasteiger partial charge on any atom is 0.315 e. The van der Waals surface area contributed by atoms with Crippen molar-refractivity contribution >= 4 is 16.9 Å². The molecule has 0 amide bonds. The zero-order valence-corrected chi connectivity index (χ0v) is 11.9. The Balaban J connectivity index is 1.49. The third kappa shape index (κ3) is 3.19. The Bertz CT molecular complexity index is 704. The number of nitrogens with zero attached hydrogens (tertiary/aromatic N) is 4. The van der Waals surface area contributed by atoms with Crippen molar-refractivity contribution in [1.29, 1.82) is 0 Å². The second-order valence-corrected chi connectivity index (χ2v) is 4.74. The van der Waals surface area contributed by atoms with Gasteiger partial charge in [-0.15, -0.1) is 5.10 Å². The molecule has 0 bridgehead atoms. The van der Waals surface area contributed by atoms with Crippen molar-refractivity contribution in [2.45, 2.75) is 19.5 Å². The normalized spacial score (nSPS) is 11.1. The van der Waals surface area contributed by atoms with Crippen molar-refractivity contribution < 1.29 is 4.42 Å². The average Bonchev–Trinajstić information content (AvgIpc) is 3.11. The summed E-state index contributed by atoms with van der Waals surface area (Å²) in [5, 5.41) is 19.5. The molecule has 0 unspecified atom stereocenters. The van der Waals surface area contributed by atoms with Gasteiger partial charge in [-0.1, -0.05) is 23.3 Å². The average molecular weight is 286 g/mol. The van der Waals surface area contributed by atoms with Gasteiger partial charge in [-0.3, -0.25) is 4.68 Å². The number of fused-ring (bicyclic) bond motifs is 1. The van der Waals surface area contributed by atoms with Crippen LogP contribution in [0, 0.1) is 0 Å². The van der Waals surface area contributed by atoms with Crippen molar-refractivity contribution in [3.8, 4) is 0 Å². The van der Waals surface area contributed by atoms with Gasteiger partial charge in [0.25, 0.3) is 0 Å². The molecule has 0 saturated carbocycles. The number of aryl methyl sites for hydroxylation is 1. The molecule has 0 radical (unpaired) electrons. The molecule has 7 heteroatoms. The van der Waals surface area contributed by atoms with E-state index in [9.17, 15) is 0 Å². The fourth-order valence-corrected chi connectivity index (χ4v) is 2.18. The molecular weight excluding hydrogens is 268 g/mol. The number of aromatic nitrogens is 4. The van der Waals surface area contributed by atoms with Crippen molar-refractivity contribution in [3.63, 3.8) is 0 Å². The Morgan fingerprint density at radius 3 is 3.05 bits per heavy atom. The summed E-state index contributed by atoms with van der Waals surface area (Å²) in [6, 6.07) is 8.66. The minimum atomic E-state index is 0.463. The zero-order chi connectivity index (χ0) is 14.5. The van der Waals surface area contributed by atoms with Crippen LogP contribution in [0.15, 0.2) is 34.9 Å². The van der Waals surface area contributed by atoms with E-state index in [4.69, 9.17) is 4.42 Å². The minimum absolute atomic E-state index is 0.463. The second kappa shape index (κ2) is 6.36. The summed E-state index contributed by atoms with van der Waals surface area (Å²) in [6.45, 7) is 2.18. The molecule has 1 aromatic carbocycles. The van der Waals surface area contributed by atoms with Crippen LogP contribution in [-0.2, 0) is 13.1 Å². The lowest BCUT2D eigenvalue weighted by Crippen LogP contribution is -2.07. The van der Waals surface area contributed by atoms with Crippen molar-refractivity contribution in [3.05, 3.63) is 36.4 Å². The summed E-state index contributed by atoms with van der Waals surface area (Å²) in [5.74, 6) is 0.582. The fraction of sp³-hybridized carbons (Fsp3) is 0.357. The van der Waals surface area contributed by atoms with Crippen LogP contribution in [0.2, 0.25) is 0 Å². The number of para-hydroxylation sites is 1. The van der Waals surface area contributed by atoms with E-state index in [1.54, 1.807) is 0 Å². The largest absolute Gasteiger partial charge is 0.407 e. The molecule has 0 aliphatic rings. The minimum Gasteiger partial charge on any atom is -0.407 e. The molecule has 110 valence electrons. The van der Waals surface area contributed by atoms with E-state index >= 15 is 0 Å². The molecule has 0 spiro atoms. The molecular formula is C14H18N6O. The van der Waals surface area contributed by atoms with Crippen LogP contribution in [0.4, 0.5) is 6.01 Å². The maximum atomic E-state index is 5.41. The van der Waals surface area contributed by atoms with Gasteiger partial charge in [-0.2, -0.15) is 5.10 Å². The SMILES string of the molecule is CNCc1nnc(NCCCn2ncc3ccccc32)o1. The molecule has 0 fully saturated rings. The van der Waals surface area contributed by atoms with Gasteiger partial charge in [-0.25, -0.2) is 0 Å². The number of rotatable bonds is 7. The number of benzene rings is 1. The molecule has 0 atom stereocenters. The van der Waals surface area contributed by atoms with E-state index in [0.717, 1.165) is 25.0 Å². The van der Waals surface area contributed by atoms with E-state index < -0.39 is 0 Å². The van der Waals surface area contributed by atoms with Gasteiger partial charge in [-0.05, 0) is 19.5 Å². The van der Waals surface area contributed by atoms with Gasteiger partial charge in [0.05, 0.1) is 18.3 Å². The first-order chi connectivity index (χ1) is 10.4. The van der Waals surface area contributed by atoms with Crippen LogP contribution in [0.25, 0.3) is 10.9 Å².